The second-order valence-corrected chi connectivity index (χ2v) is 3.13. The summed E-state index contributed by atoms with van der Waals surface area (Å²) >= 11 is 0. The van der Waals surface area contributed by atoms with Crippen molar-refractivity contribution in [2.75, 3.05) is 0 Å². The van der Waals surface area contributed by atoms with E-state index in [1.54, 1.807) is 32.2 Å². The first-order chi connectivity index (χ1) is 5.02. The topological polar surface area (TPSA) is 58.9 Å². The van der Waals surface area contributed by atoms with Gasteiger partial charge in [0, 0.05) is 6.20 Å². The molecule has 0 saturated carbocycles. The molecule has 3 N–H and O–H groups in total. The van der Waals surface area contributed by atoms with Crippen LogP contribution in [0.1, 0.15) is 24.3 Å². The van der Waals surface area contributed by atoms with Crippen LogP contribution in [0.5, 0.6) is 0 Å². The van der Waals surface area contributed by atoms with Gasteiger partial charge in [-0.05, 0) is 26.0 Å². The van der Waals surface area contributed by atoms with Crippen LogP contribution in [0.4, 0.5) is 0 Å². The molecule has 60 valence electrons. The number of H-pyrrole nitrogens is 1. The zero-order chi connectivity index (χ0) is 8.48. The number of carbonyl (C=O) groups is 1. The summed E-state index contributed by atoms with van der Waals surface area (Å²) in [5, 5.41) is 0. The number of nitrogens with two attached hydrogens (primary N) is 1. The molecule has 0 bridgehead atoms. The van der Waals surface area contributed by atoms with Crippen molar-refractivity contribution in [1.29, 1.82) is 0 Å². The number of aromatic nitrogens is 1. The number of rotatable bonds is 2. The Hall–Kier alpha value is -1.09. The molecule has 0 aliphatic rings. The molecular weight excluding hydrogens is 140 g/mol. The van der Waals surface area contributed by atoms with Crippen LogP contribution in [0.15, 0.2) is 18.3 Å². The third kappa shape index (κ3) is 1.68. The molecule has 0 aliphatic carbocycles. The van der Waals surface area contributed by atoms with E-state index in [-0.39, 0.29) is 5.78 Å². The SMILES string of the molecule is CC(C)(N)C(=O)c1ccc[nH]1. The van der Waals surface area contributed by atoms with Crippen molar-refractivity contribution in [2.24, 2.45) is 5.73 Å². The molecule has 1 aromatic rings. The van der Waals surface area contributed by atoms with Crippen molar-refractivity contribution in [2.45, 2.75) is 19.4 Å². The van der Waals surface area contributed by atoms with E-state index in [1.165, 1.54) is 0 Å². The molecule has 3 nitrogen and oxygen atoms in total. The predicted molar refractivity (Wildman–Crippen MR) is 43.4 cm³/mol. The maximum atomic E-state index is 11.4. The minimum absolute atomic E-state index is 0.0671. The van der Waals surface area contributed by atoms with E-state index >= 15 is 0 Å². The lowest BCUT2D eigenvalue weighted by atomic mass is 9.99. The predicted octanol–water partition coefficient (Wildman–Crippen LogP) is 0.935. The lowest BCUT2D eigenvalue weighted by Gasteiger charge is -2.14. The van der Waals surface area contributed by atoms with E-state index < -0.39 is 5.54 Å². The first kappa shape index (κ1) is 8.01. The molecule has 1 aromatic heterocycles. The van der Waals surface area contributed by atoms with Gasteiger partial charge in [0.05, 0.1) is 11.2 Å². The Labute approximate surface area is 65.6 Å². The Balaban J connectivity index is 2.88. The highest BCUT2D eigenvalue weighted by molar-refractivity contribution is 6.00. The zero-order valence-electron chi connectivity index (χ0n) is 6.72. The van der Waals surface area contributed by atoms with Gasteiger partial charge < -0.3 is 10.7 Å². The fourth-order valence-electron chi connectivity index (χ4n) is 0.819. The number of hydrogen-bond acceptors (Lipinski definition) is 2. The second-order valence-electron chi connectivity index (χ2n) is 3.13. The normalized spacial score (nSPS) is 11.5. The molecule has 1 heterocycles. The maximum Gasteiger partial charge on any atom is 0.198 e. The Bertz CT molecular complexity index is 244. The molecule has 0 fully saturated rings. The van der Waals surface area contributed by atoms with Crippen molar-refractivity contribution < 1.29 is 4.79 Å². The van der Waals surface area contributed by atoms with Gasteiger partial charge in [0.25, 0.3) is 0 Å². The molecule has 0 aliphatic heterocycles. The van der Waals surface area contributed by atoms with Crippen molar-refractivity contribution in [3.63, 3.8) is 0 Å². The molecule has 0 radical (unpaired) electrons. The summed E-state index contributed by atoms with van der Waals surface area (Å²) in [6, 6.07) is 3.50. The van der Waals surface area contributed by atoms with Crippen LogP contribution >= 0.6 is 0 Å². The van der Waals surface area contributed by atoms with Crippen LogP contribution in [0.25, 0.3) is 0 Å². The standard InChI is InChI=1S/C8H12N2O/c1-8(2,9)7(11)6-4-3-5-10-6/h3-5,10H,9H2,1-2H3. The monoisotopic (exact) mass is 152 g/mol. The van der Waals surface area contributed by atoms with E-state index in [9.17, 15) is 4.79 Å². The minimum atomic E-state index is -0.787. The minimum Gasteiger partial charge on any atom is -0.359 e. The Morgan fingerprint density at radius 2 is 2.27 bits per heavy atom. The van der Waals surface area contributed by atoms with Gasteiger partial charge in [-0.25, -0.2) is 0 Å². The lowest BCUT2D eigenvalue weighted by molar-refractivity contribution is 0.0909. The smallest absolute Gasteiger partial charge is 0.198 e. The number of ketones is 1. The average molecular weight is 152 g/mol. The van der Waals surface area contributed by atoms with E-state index in [2.05, 4.69) is 4.98 Å². The summed E-state index contributed by atoms with van der Waals surface area (Å²) in [5.74, 6) is -0.0671. The molecule has 0 amide bonds. The van der Waals surface area contributed by atoms with Crippen LogP contribution in [0.2, 0.25) is 0 Å². The van der Waals surface area contributed by atoms with Gasteiger partial charge in [0.2, 0.25) is 0 Å². The van der Waals surface area contributed by atoms with Crippen molar-refractivity contribution in [3.8, 4) is 0 Å². The van der Waals surface area contributed by atoms with Gasteiger partial charge in [-0.3, -0.25) is 4.79 Å². The summed E-state index contributed by atoms with van der Waals surface area (Å²) in [6.45, 7) is 3.38. The number of carbonyl (C=O) groups excluding carboxylic acids is 1. The fraction of sp³-hybridized carbons (Fsp3) is 0.375. The number of hydrogen-bond donors (Lipinski definition) is 2. The Kier molecular flexibility index (Phi) is 1.83. The van der Waals surface area contributed by atoms with E-state index in [0.717, 1.165) is 0 Å². The first-order valence-electron chi connectivity index (χ1n) is 3.49. The van der Waals surface area contributed by atoms with Crippen molar-refractivity contribution in [3.05, 3.63) is 24.0 Å². The molecular formula is C8H12N2O. The fourth-order valence-corrected chi connectivity index (χ4v) is 0.819. The number of aromatic amines is 1. The molecule has 1 rings (SSSR count). The van der Waals surface area contributed by atoms with Crippen LogP contribution in [0, 0.1) is 0 Å². The van der Waals surface area contributed by atoms with Gasteiger partial charge in [0.1, 0.15) is 0 Å². The van der Waals surface area contributed by atoms with Gasteiger partial charge in [-0.1, -0.05) is 0 Å². The quantitative estimate of drug-likeness (QED) is 0.619. The number of Topliss-reactive ketones (excluding diaryl/α,β-unsaturated/α-hetero) is 1. The van der Waals surface area contributed by atoms with Gasteiger partial charge >= 0.3 is 0 Å². The largest absolute Gasteiger partial charge is 0.359 e. The van der Waals surface area contributed by atoms with Gasteiger partial charge in [0.15, 0.2) is 5.78 Å². The number of nitrogens with one attached hydrogen (secondary N) is 1. The average Bonchev–Trinajstić information content (AvgIpc) is 2.34. The summed E-state index contributed by atoms with van der Waals surface area (Å²) in [6.07, 6.45) is 1.71. The molecule has 3 heteroatoms. The lowest BCUT2D eigenvalue weighted by Crippen LogP contribution is -2.41. The summed E-state index contributed by atoms with van der Waals surface area (Å²) in [7, 11) is 0. The van der Waals surface area contributed by atoms with Crippen LogP contribution in [-0.2, 0) is 0 Å². The van der Waals surface area contributed by atoms with Crippen LogP contribution in [-0.4, -0.2) is 16.3 Å². The summed E-state index contributed by atoms with van der Waals surface area (Å²) in [4.78, 5) is 14.2. The Morgan fingerprint density at radius 3 is 2.64 bits per heavy atom. The molecule has 0 aromatic carbocycles. The van der Waals surface area contributed by atoms with E-state index in [4.69, 9.17) is 5.73 Å². The third-order valence-corrected chi connectivity index (χ3v) is 1.43. The summed E-state index contributed by atoms with van der Waals surface area (Å²) < 4.78 is 0. The highest BCUT2D eigenvalue weighted by atomic mass is 16.1. The van der Waals surface area contributed by atoms with Crippen molar-refractivity contribution >= 4 is 5.78 Å². The highest BCUT2D eigenvalue weighted by Gasteiger charge is 2.23. The molecule has 0 spiro atoms. The zero-order valence-corrected chi connectivity index (χ0v) is 6.72. The van der Waals surface area contributed by atoms with Crippen molar-refractivity contribution in [1.82, 2.24) is 4.98 Å². The summed E-state index contributed by atoms with van der Waals surface area (Å²) in [5.41, 5.74) is 5.38. The van der Waals surface area contributed by atoms with E-state index in [1.807, 2.05) is 0 Å². The maximum absolute atomic E-state index is 11.4. The van der Waals surface area contributed by atoms with Gasteiger partial charge in [-0.2, -0.15) is 0 Å². The van der Waals surface area contributed by atoms with E-state index in [0.29, 0.717) is 5.69 Å². The van der Waals surface area contributed by atoms with Gasteiger partial charge in [-0.15, -0.1) is 0 Å². The first-order valence-corrected chi connectivity index (χ1v) is 3.49. The molecule has 11 heavy (non-hydrogen) atoms. The molecule has 0 unspecified atom stereocenters. The second kappa shape index (κ2) is 2.51. The highest BCUT2D eigenvalue weighted by Crippen LogP contribution is 2.07. The Morgan fingerprint density at radius 1 is 1.64 bits per heavy atom. The third-order valence-electron chi connectivity index (χ3n) is 1.43. The molecule has 0 atom stereocenters. The van der Waals surface area contributed by atoms with Crippen LogP contribution in [0.3, 0.4) is 0 Å². The molecule has 0 saturated heterocycles. The van der Waals surface area contributed by atoms with Crippen LogP contribution < -0.4 is 5.73 Å².